The molecule has 23 heavy (non-hydrogen) atoms. The second kappa shape index (κ2) is 6.76. The van der Waals surface area contributed by atoms with Gasteiger partial charge in [0, 0.05) is 33.9 Å². The van der Waals surface area contributed by atoms with Crippen LogP contribution < -0.4 is 5.11 Å². The SMILES string of the molecule is O=C([O-])C/C(=C\c1ccccc1Cl)c1nc(-c2ccsc2)no1. The number of nitrogens with zero attached hydrogens (tertiary/aromatic N) is 2. The fourth-order valence-corrected chi connectivity index (χ4v) is 2.81. The molecule has 0 N–H and O–H groups in total. The van der Waals surface area contributed by atoms with E-state index >= 15 is 0 Å². The summed E-state index contributed by atoms with van der Waals surface area (Å²) in [5, 5.41) is 19.2. The van der Waals surface area contributed by atoms with Crippen LogP contribution in [0.1, 0.15) is 17.9 Å². The van der Waals surface area contributed by atoms with E-state index in [-0.39, 0.29) is 12.3 Å². The van der Waals surface area contributed by atoms with Crippen LogP contribution in [-0.2, 0) is 4.79 Å². The first kappa shape index (κ1) is 15.5. The van der Waals surface area contributed by atoms with Gasteiger partial charge in [-0.2, -0.15) is 16.3 Å². The Kier molecular flexibility index (Phi) is 4.55. The second-order valence-electron chi connectivity index (χ2n) is 4.68. The molecule has 2 heterocycles. The summed E-state index contributed by atoms with van der Waals surface area (Å²) in [4.78, 5) is 15.3. The maximum atomic E-state index is 11.0. The number of benzene rings is 1. The average molecular weight is 346 g/mol. The van der Waals surface area contributed by atoms with Gasteiger partial charge in [0.05, 0.1) is 0 Å². The molecule has 0 aliphatic carbocycles. The van der Waals surface area contributed by atoms with E-state index in [4.69, 9.17) is 16.1 Å². The standard InChI is InChI=1S/C16H11ClN2O3S/c17-13-4-2-1-3-10(13)7-12(8-14(20)21)16-18-15(19-22-16)11-5-6-23-9-11/h1-7,9H,8H2,(H,20,21)/p-1/b12-7+. The minimum Gasteiger partial charge on any atom is -0.550 e. The highest BCUT2D eigenvalue weighted by Gasteiger charge is 2.14. The quantitative estimate of drug-likeness (QED) is 0.709. The lowest BCUT2D eigenvalue weighted by molar-refractivity contribution is -0.304. The van der Waals surface area contributed by atoms with E-state index in [2.05, 4.69) is 10.1 Å². The third kappa shape index (κ3) is 3.67. The van der Waals surface area contributed by atoms with E-state index in [1.807, 2.05) is 16.8 Å². The van der Waals surface area contributed by atoms with E-state index < -0.39 is 5.97 Å². The zero-order chi connectivity index (χ0) is 16.2. The third-order valence-corrected chi connectivity index (χ3v) is 4.08. The molecule has 0 bridgehead atoms. The molecule has 0 aliphatic rings. The number of aromatic nitrogens is 2. The van der Waals surface area contributed by atoms with Crippen molar-refractivity contribution in [3.05, 3.63) is 57.6 Å². The van der Waals surface area contributed by atoms with Crippen LogP contribution in [0.25, 0.3) is 23.0 Å². The highest BCUT2D eigenvalue weighted by atomic mass is 35.5. The molecular formula is C16H10ClN2O3S-. The Bertz CT molecular complexity index is 856. The Morgan fingerprint density at radius 2 is 2.17 bits per heavy atom. The summed E-state index contributed by atoms with van der Waals surface area (Å²) in [5.41, 5.74) is 1.82. The number of hydrogen-bond acceptors (Lipinski definition) is 6. The van der Waals surface area contributed by atoms with Crippen molar-refractivity contribution >= 4 is 40.6 Å². The molecule has 2 aromatic heterocycles. The largest absolute Gasteiger partial charge is 0.550 e. The van der Waals surface area contributed by atoms with E-state index in [1.165, 1.54) is 11.3 Å². The lowest BCUT2D eigenvalue weighted by Gasteiger charge is -2.05. The molecule has 0 saturated carbocycles. The van der Waals surface area contributed by atoms with Gasteiger partial charge in [-0.3, -0.25) is 0 Å². The molecule has 3 aromatic rings. The highest BCUT2D eigenvalue weighted by Crippen LogP contribution is 2.26. The summed E-state index contributed by atoms with van der Waals surface area (Å²) >= 11 is 7.62. The highest BCUT2D eigenvalue weighted by molar-refractivity contribution is 7.08. The van der Waals surface area contributed by atoms with Gasteiger partial charge in [-0.25, -0.2) is 0 Å². The van der Waals surface area contributed by atoms with Gasteiger partial charge in [0.2, 0.25) is 5.82 Å². The van der Waals surface area contributed by atoms with Crippen molar-refractivity contribution in [3.63, 3.8) is 0 Å². The van der Waals surface area contributed by atoms with E-state index in [0.29, 0.717) is 22.0 Å². The summed E-state index contributed by atoms with van der Waals surface area (Å²) in [6, 6.07) is 8.94. The van der Waals surface area contributed by atoms with Crippen molar-refractivity contribution < 1.29 is 14.4 Å². The Hall–Kier alpha value is -2.44. The van der Waals surface area contributed by atoms with Gasteiger partial charge in [-0.05, 0) is 29.2 Å². The Morgan fingerprint density at radius 1 is 1.35 bits per heavy atom. The first-order chi connectivity index (χ1) is 11.1. The summed E-state index contributed by atoms with van der Waals surface area (Å²) < 4.78 is 5.20. The number of halogens is 1. The maximum Gasteiger partial charge on any atom is 0.254 e. The molecule has 7 heteroatoms. The Balaban J connectivity index is 2.00. The summed E-state index contributed by atoms with van der Waals surface area (Å²) in [7, 11) is 0. The number of carboxylic acid groups (broad SMARTS) is 1. The third-order valence-electron chi connectivity index (χ3n) is 3.05. The number of carboxylic acids is 1. The fourth-order valence-electron chi connectivity index (χ4n) is 1.99. The summed E-state index contributed by atoms with van der Waals surface area (Å²) in [6.07, 6.45) is 1.26. The van der Waals surface area contributed by atoms with Crippen LogP contribution in [0.3, 0.4) is 0 Å². The first-order valence-electron chi connectivity index (χ1n) is 6.65. The number of rotatable bonds is 5. The van der Waals surface area contributed by atoms with Gasteiger partial charge in [-0.1, -0.05) is 35.0 Å². The smallest absolute Gasteiger partial charge is 0.254 e. The van der Waals surface area contributed by atoms with Crippen LogP contribution in [0, 0.1) is 0 Å². The minimum atomic E-state index is -1.24. The Labute approximate surface area is 140 Å². The fraction of sp³-hybridized carbons (Fsp3) is 0.0625. The maximum absolute atomic E-state index is 11.0. The molecule has 116 valence electrons. The van der Waals surface area contributed by atoms with Gasteiger partial charge < -0.3 is 14.4 Å². The van der Waals surface area contributed by atoms with Gasteiger partial charge in [0.15, 0.2) is 0 Å². The molecule has 3 rings (SSSR count). The van der Waals surface area contributed by atoms with Gasteiger partial charge in [0.25, 0.3) is 5.89 Å². The molecule has 5 nitrogen and oxygen atoms in total. The van der Waals surface area contributed by atoms with Crippen LogP contribution in [0.2, 0.25) is 5.02 Å². The molecule has 0 aliphatic heterocycles. The first-order valence-corrected chi connectivity index (χ1v) is 7.97. The predicted molar refractivity (Wildman–Crippen MR) is 86.6 cm³/mol. The molecule has 0 spiro atoms. The van der Waals surface area contributed by atoms with Crippen molar-refractivity contribution in [2.45, 2.75) is 6.42 Å². The van der Waals surface area contributed by atoms with Gasteiger partial charge in [-0.15, -0.1) is 0 Å². The molecule has 0 atom stereocenters. The molecule has 0 unspecified atom stereocenters. The molecule has 0 amide bonds. The van der Waals surface area contributed by atoms with E-state index in [9.17, 15) is 9.90 Å². The number of carbonyl (C=O) groups is 1. The lowest BCUT2D eigenvalue weighted by Crippen LogP contribution is -2.22. The normalized spacial score (nSPS) is 11.6. The van der Waals surface area contributed by atoms with E-state index in [0.717, 1.165) is 5.56 Å². The lowest BCUT2D eigenvalue weighted by atomic mass is 10.1. The van der Waals surface area contributed by atoms with Crippen LogP contribution >= 0.6 is 22.9 Å². The molecule has 0 radical (unpaired) electrons. The zero-order valence-electron chi connectivity index (χ0n) is 11.7. The van der Waals surface area contributed by atoms with Crippen LogP contribution in [0.5, 0.6) is 0 Å². The van der Waals surface area contributed by atoms with Crippen molar-refractivity contribution in [2.75, 3.05) is 0 Å². The van der Waals surface area contributed by atoms with Crippen LogP contribution in [-0.4, -0.2) is 16.1 Å². The van der Waals surface area contributed by atoms with Gasteiger partial charge in [0.1, 0.15) is 0 Å². The van der Waals surface area contributed by atoms with Crippen LogP contribution in [0.15, 0.2) is 45.6 Å². The zero-order valence-corrected chi connectivity index (χ0v) is 13.3. The van der Waals surface area contributed by atoms with Gasteiger partial charge >= 0.3 is 0 Å². The number of hydrogen-bond donors (Lipinski definition) is 0. The van der Waals surface area contributed by atoms with Crippen molar-refractivity contribution in [1.29, 1.82) is 0 Å². The number of aliphatic carboxylic acids is 1. The summed E-state index contributed by atoms with van der Waals surface area (Å²) in [6.45, 7) is 0. The average Bonchev–Trinajstić information content (AvgIpc) is 3.19. The van der Waals surface area contributed by atoms with Crippen molar-refractivity contribution in [2.24, 2.45) is 0 Å². The molecule has 0 fully saturated rings. The monoisotopic (exact) mass is 345 g/mol. The topological polar surface area (TPSA) is 79.0 Å². The Morgan fingerprint density at radius 3 is 2.87 bits per heavy atom. The van der Waals surface area contributed by atoms with Crippen molar-refractivity contribution in [1.82, 2.24) is 10.1 Å². The van der Waals surface area contributed by atoms with E-state index in [1.54, 1.807) is 30.3 Å². The molecular weight excluding hydrogens is 336 g/mol. The summed E-state index contributed by atoms with van der Waals surface area (Å²) in [5.74, 6) is -0.696. The number of carbonyl (C=O) groups excluding carboxylic acids is 1. The van der Waals surface area contributed by atoms with Crippen molar-refractivity contribution in [3.8, 4) is 11.4 Å². The molecule has 0 saturated heterocycles. The predicted octanol–water partition coefficient (Wildman–Crippen LogP) is 3.13. The molecule has 1 aromatic carbocycles. The van der Waals surface area contributed by atoms with Crippen LogP contribution in [0.4, 0.5) is 0 Å². The number of thiophene rings is 1. The minimum absolute atomic E-state index is 0.135. The second-order valence-corrected chi connectivity index (χ2v) is 5.86.